The van der Waals surface area contributed by atoms with E-state index in [2.05, 4.69) is 10.3 Å². The van der Waals surface area contributed by atoms with Gasteiger partial charge in [-0.3, -0.25) is 20.2 Å². The van der Waals surface area contributed by atoms with Gasteiger partial charge in [0.15, 0.2) is 5.13 Å². The monoisotopic (exact) mass is 458 g/mol. The predicted molar refractivity (Wildman–Crippen MR) is 123 cm³/mol. The molecule has 162 valence electrons. The number of hydrogen-bond acceptors (Lipinski definition) is 6. The van der Waals surface area contributed by atoms with E-state index in [4.69, 9.17) is 5.26 Å². The molecular formula is C24H15FN4O3S. The minimum Gasteiger partial charge on any atom is -0.298 e. The number of anilines is 1. The van der Waals surface area contributed by atoms with Gasteiger partial charge in [-0.2, -0.15) is 5.26 Å². The van der Waals surface area contributed by atoms with Gasteiger partial charge in [0.1, 0.15) is 5.82 Å². The van der Waals surface area contributed by atoms with E-state index in [1.54, 1.807) is 48.5 Å². The van der Waals surface area contributed by atoms with Gasteiger partial charge in [0.2, 0.25) is 0 Å². The summed E-state index contributed by atoms with van der Waals surface area (Å²) in [6.45, 7) is 0. The van der Waals surface area contributed by atoms with Crippen LogP contribution in [-0.2, 0) is 6.42 Å². The predicted octanol–water partition coefficient (Wildman–Crippen LogP) is 5.57. The average molecular weight is 458 g/mol. The fourth-order valence-corrected chi connectivity index (χ4v) is 4.16. The third-order valence-electron chi connectivity index (χ3n) is 4.82. The molecule has 0 saturated heterocycles. The molecule has 4 rings (SSSR count). The number of amides is 1. The van der Waals surface area contributed by atoms with E-state index >= 15 is 0 Å². The number of non-ortho nitro benzene ring substituents is 1. The maximum atomic E-state index is 13.4. The zero-order chi connectivity index (χ0) is 23.4. The van der Waals surface area contributed by atoms with E-state index < -0.39 is 4.92 Å². The van der Waals surface area contributed by atoms with Gasteiger partial charge in [-0.05, 0) is 54.1 Å². The highest BCUT2D eigenvalue weighted by molar-refractivity contribution is 7.16. The zero-order valence-corrected chi connectivity index (χ0v) is 17.8. The van der Waals surface area contributed by atoms with Crippen LogP contribution in [0.2, 0.25) is 0 Å². The van der Waals surface area contributed by atoms with Crippen molar-refractivity contribution in [3.63, 3.8) is 0 Å². The van der Waals surface area contributed by atoms with Gasteiger partial charge in [0.25, 0.3) is 11.6 Å². The first kappa shape index (κ1) is 21.8. The van der Waals surface area contributed by atoms with Gasteiger partial charge in [0.05, 0.1) is 22.2 Å². The number of halogens is 1. The molecule has 1 aromatic heterocycles. The molecule has 0 fully saturated rings. The number of nitrogens with zero attached hydrogens (tertiary/aromatic N) is 3. The summed E-state index contributed by atoms with van der Waals surface area (Å²) in [7, 11) is 0. The summed E-state index contributed by atoms with van der Waals surface area (Å²) < 4.78 is 13.4. The van der Waals surface area contributed by atoms with Crippen LogP contribution in [0.5, 0.6) is 0 Å². The Bertz CT molecular complexity index is 1360. The highest BCUT2D eigenvalue weighted by Gasteiger charge is 2.17. The maximum Gasteiger partial charge on any atom is 0.269 e. The fourth-order valence-electron chi connectivity index (χ4n) is 3.14. The number of benzene rings is 3. The van der Waals surface area contributed by atoms with E-state index in [0.717, 1.165) is 10.4 Å². The number of carbonyl (C=O) groups is 1. The Morgan fingerprint density at radius 2 is 1.73 bits per heavy atom. The highest BCUT2D eigenvalue weighted by Crippen LogP contribution is 2.33. The lowest BCUT2D eigenvalue weighted by Gasteiger charge is -2.03. The summed E-state index contributed by atoms with van der Waals surface area (Å²) in [6, 6.07) is 20.3. The third-order valence-corrected chi connectivity index (χ3v) is 5.79. The first-order valence-corrected chi connectivity index (χ1v) is 10.5. The van der Waals surface area contributed by atoms with Gasteiger partial charge < -0.3 is 0 Å². The molecule has 1 heterocycles. The van der Waals surface area contributed by atoms with Crippen molar-refractivity contribution in [3.8, 4) is 17.3 Å². The Hall–Kier alpha value is -4.42. The molecule has 0 spiro atoms. The van der Waals surface area contributed by atoms with Crippen LogP contribution < -0.4 is 5.32 Å². The van der Waals surface area contributed by atoms with E-state index in [1.807, 2.05) is 6.07 Å². The van der Waals surface area contributed by atoms with Crippen molar-refractivity contribution in [2.45, 2.75) is 6.42 Å². The van der Waals surface area contributed by atoms with Crippen LogP contribution >= 0.6 is 11.3 Å². The molecule has 0 radical (unpaired) electrons. The van der Waals surface area contributed by atoms with E-state index in [-0.39, 0.29) is 17.4 Å². The molecule has 0 aliphatic rings. The first-order chi connectivity index (χ1) is 15.9. The lowest BCUT2D eigenvalue weighted by atomic mass is 10.1. The second-order valence-electron chi connectivity index (χ2n) is 7.04. The molecule has 3 aromatic carbocycles. The molecule has 7 nitrogen and oxygen atoms in total. The first-order valence-electron chi connectivity index (χ1n) is 9.73. The van der Waals surface area contributed by atoms with E-state index in [1.165, 1.54) is 35.6 Å². The third kappa shape index (κ3) is 5.08. The summed E-state index contributed by atoms with van der Waals surface area (Å²) in [6.07, 6.45) is 0.426. The van der Waals surface area contributed by atoms with Crippen LogP contribution in [0.25, 0.3) is 11.3 Å². The number of nitro groups is 1. The number of aromatic nitrogens is 1. The van der Waals surface area contributed by atoms with Crippen LogP contribution in [0.4, 0.5) is 15.2 Å². The molecule has 1 amide bonds. The Labute approximate surface area is 191 Å². The number of carbonyl (C=O) groups excluding carboxylic acids is 1. The normalized spacial score (nSPS) is 10.4. The quantitative estimate of drug-likeness (QED) is 0.300. The van der Waals surface area contributed by atoms with Crippen molar-refractivity contribution in [1.29, 1.82) is 5.26 Å². The van der Waals surface area contributed by atoms with Crippen LogP contribution in [0.15, 0.2) is 72.8 Å². The molecule has 0 saturated carbocycles. The van der Waals surface area contributed by atoms with Gasteiger partial charge in [0, 0.05) is 34.6 Å². The molecule has 4 aromatic rings. The lowest BCUT2D eigenvalue weighted by Crippen LogP contribution is -2.11. The number of nitrogens with one attached hydrogen (secondary N) is 1. The summed E-state index contributed by atoms with van der Waals surface area (Å²) >= 11 is 1.27. The van der Waals surface area contributed by atoms with Crippen molar-refractivity contribution in [1.82, 2.24) is 4.98 Å². The minimum atomic E-state index is -0.461. The Morgan fingerprint density at radius 1 is 1.06 bits per heavy atom. The van der Waals surface area contributed by atoms with Gasteiger partial charge >= 0.3 is 0 Å². The highest BCUT2D eigenvalue weighted by atomic mass is 32.1. The smallest absolute Gasteiger partial charge is 0.269 e. The zero-order valence-electron chi connectivity index (χ0n) is 17.0. The molecule has 33 heavy (non-hydrogen) atoms. The number of nitro benzene ring substituents is 1. The Morgan fingerprint density at radius 3 is 2.33 bits per heavy atom. The fraction of sp³-hybridized carbons (Fsp3) is 0.0417. The van der Waals surface area contributed by atoms with Crippen LogP contribution in [0.1, 0.15) is 26.4 Å². The number of thiazole rings is 1. The van der Waals surface area contributed by atoms with Crippen molar-refractivity contribution >= 4 is 28.1 Å². The maximum absolute atomic E-state index is 13.4. The molecule has 0 aliphatic heterocycles. The van der Waals surface area contributed by atoms with Crippen molar-refractivity contribution < 1.29 is 14.1 Å². The van der Waals surface area contributed by atoms with Crippen molar-refractivity contribution in [3.05, 3.63) is 110 Å². The SMILES string of the molecule is N#Cc1ccc(C(=O)Nc2nc(-c3ccc(F)cc3)c(Cc3ccc([N+](=O)[O-])cc3)s2)cc1. The summed E-state index contributed by atoms with van der Waals surface area (Å²) in [5.41, 5.74) is 2.93. The largest absolute Gasteiger partial charge is 0.298 e. The molecule has 9 heteroatoms. The number of nitriles is 1. The second kappa shape index (κ2) is 9.38. The molecule has 0 atom stereocenters. The Balaban J connectivity index is 1.64. The molecule has 0 aliphatic carbocycles. The minimum absolute atomic E-state index is 0.00261. The lowest BCUT2D eigenvalue weighted by molar-refractivity contribution is -0.384. The Kier molecular flexibility index (Phi) is 6.20. The average Bonchev–Trinajstić information content (AvgIpc) is 3.21. The van der Waals surface area contributed by atoms with Gasteiger partial charge in [-0.15, -0.1) is 11.3 Å². The van der Waals surface area contributed by atoms with Crippen LogP contribution in [-0.4, -0.2) is 15.8 Å². The summed E-state index contributed by atoms with van der Waals surface area (Å²) in [5, 5.41) is 22.9. The topological polar surface area (TPSA) is 109 Å². The number of rotatable bonds is 6. The summed E-state index contributed by atoms with van der Waals surface area (Å²) in [5.74, 6) is -0.749. The molecule has 0 bridgehead atoms. The van der Waals surface area contributed by atoms with E-state index in [0.29, 0.717) is 33.9 Å². The van der Waals surface area contributed by atoms with Crippen molar-refractivity contribution in [2.75, 3.05) is 5.32 Å². The molecule has 1 N–H and O–H groups in total. The number of hydrogen-bond donors (Lipinski definition) is 1. The van der Waals surface area contributed by atoms with Crippen molar-refractivity contribution in [2.24, 2.45) is 0 Å². The second-order valence-corrected chi connectivity index (χ2v) is 8.12. The molecular weight excluding hydrogens is 443 g/mol. The summed E-state index contributed by atoms with van der Waals surface area (Å²) in [4.78, 5) is 28.4. The van der Waals surface area contributed by atoms with Gasteiger partial charge in [-0.25, -0.2) is 9.37 Å². The molecule has 0 unspecified atom stereocenters. The van der Waals surface area contributed by atoms with E-state index in [9.17, 15) is 19.3 Å². The van der Waals surface area contributed by atoms with Crippen LogP contribution in [0.3, 0.4) is 0 Å². The van der Waals surface area contributed by atoms with Gasteiger partial charge in [-0.1, -0.05) is 12.1 Å². The standard InChI is InChI=1S/C24H15FN4O3S/c25-19-9-7-17(8-10-19)22-21(13-15-3-11-20(12-4-15)29(31)32)33-24(27-22)28-23(30)18-5-1-16(14-26)2-6-18/h1-12H,13H2,(H,27,28,30). The van der Waals surface area contributed by atoms with Crippen LogP contribution in [0, 0.1) is 27.3 Å².